The summed E-state index contributed by atoms with van der Waals surface area (Å²) >= 11 is 0. The molecule has 0 aliphatic rings. The van der Waals surface area contributed by atoms with Crippen molar-refractivity contribution in [1.29, 1.82) is 0 Å². The number of anilines is 1. The molecule has 1 N–H and O–H groups in total. The van der Waals surface area contributed by atoms with Gasteiger partial charge in [-0.3, -0.25) is 4.79 Å². The van der Waals surface area contributed by atoms with Crippen molar-refractivity contribution in [2.45, 2.75) is 27.4 Å². The molecular formula is C21H22N2O4. The Kier molecular flexibility index (Phi) is 5.45. The van der Waals surface area contributed by atoms with Gasteiger partial charge in [-0.1, -0.05) is 22.9 Å². The number of carbonyl (C=O) groups is 1. The molecule has 0 bridgehead atoms. The highest BCUT2D eigenvalue weighted by molar-refractivity contribution is 6.03. The summed E-state index contributed by atoms with van der Waals surface area (Å²) in [6, 6.07) is 13.0. The van der Waals surface area contributed by atoms with Crippen molar-refractivity contribution in [2.24, 2.45) is 0 Å². The average Bonchev–Trinajstić information content (AvgIpc) is 3.02. The van der Waals surface area contributed by atoms with Gasteiger partial charge < -0.3 is 19.3 Å². The molecule has 27 heavy (non-hydrogen) atoms. The van der Waals surface area contributed by atoms with E-state index in [-0.39, 0.29) is 18.2 Å². The Morgan fingerprint density at radius 2 is 1.85 bits per heavy atom. The first-order valence-corrected chi connectivity index (χ1v) is 8.58. The fraction of sp³-hybridized carbons (Fsp3) is 0.238. The van der Waals surface area contributed by atoms with Crippen molar-refractivity contribution in [3.05, 3.63) is 70.6 Å². The van der Waals surface area contributed by atoms with Gasteiger partial charge in [0.2, 0.25) is 0 Å². The first-order valence-electron chi connectivity index (χ1n) is 8.58. The summed E-state index contributed by atoms with van der Waals surface area (Å²) in [5, 5.41) is 6.71. The molecule has 0 aliphatic heterocycles. The normalized spacial score (nSPS) is 10.5. The monoisotopic (exact) mass is 366 g/mol. The van der Waals surface area contributed by atoms with E-state index in [1.54, 1.807) is 38.3 Å². The number of aryl methyl sites for hydroxylation is 3. The van der Waals surface area contributed by atoms with Gasteiger partial charge in [0.1, 0.15) is 23.9 Å². The van der Waals surface area contributed by atoms with Gasteiger partial charge in [0, 0.05) is 5.69 Å². The molecule has 1 heterocycles. The van der Waals surface area contributed by atoms with E-state index in [0.29, 0.717) is 22.8 Å². The molecule has 0 aliphatic carbocycles. The summed E-state index contributed by atoms with van der Waals surface area (Å²) in [6.07, 6.45) is 0. The van der Waals surface area contributed by atoms with Crippen LogP contribution in [0.3, 0.4) is 0 Å². The Morgan fingerprint density at radius 3 is 2.52 bits per heavy atom. The van der Waals surface area contributed by atoms with Gasteiger partial charge in [0.25, 0.3) is 5.91 Å². The second-order valence-electron chi connectivity index (χ2n) is 6.31. The van der Waals surface area contributed by atoms with Crippen LogP contribution in [0, 0.1) is 20.8 Å². The molecule has 3 rings (SSSR count). The quantitative estimate of drug-likeness (QED) is 0.698. The maximum absolute atomic E-state index is 12.6. The van der Waals surface area contributed by atoms with Crippen LogP contribution in [0.4, 0.5) is 5.69 Å². The van der Waals surface area contributed by atoms with Crippen LogP contribution in [-0.4, -0.2) is 18.2 Å². The molecule has 6 heteroatoms. The van der Waals surface area contributed by atoms with E-state index in [0.717, 1.165) is 11.3 Å². The highest BCUT2D eigenvalue weighted by Crippen LogP contribution is 2.23. The van der Waals surface area contributed by atoms with Gasteiger partial charge in [0.05, 0.1) is 12.7 Å². The third kappa shape index (κ3) is 4.28. The Morgan fingerprint density at radius 1 is 1.11 bits per heavy atom. The fourth-order valence-corrected chi connectivity index (χ4v) is 2.72. The number of benzene rings is 2. The minimum Gasteiger partial charge on any atom is -0.497 e. The highest BCUT2D eigenvalue weighted by Gasteiger charge is 2.21. The van der Waals surface area contributed by atoms with Gasteiger partial charge >= 0.3 is 0 Å². The molecule has 0 radical (unpaired) electrons. The van der Waals surface area contributed by atoms with Crippen LogP contribution < -0.4 is 14.8 Å². The van der Waals surface area contributed by atoms with Crippen molar-refractivity contribution >= 4 is 11.6 Å². The van der Waals surface area contributed by atoms with E-state index in [1.165, 1.54) is 5.56 Å². The maximum Gasteiger partial charge on any atom is 0.278 e. The molecule has 1 amide bonds. The zero-order chi connectivity index (χ0) is 19.4. The molecule has 140 valence electrons. The Balaban J connectivity index is 1.74. The van der Waals surface area contributed by atoms with Gasteiger partial charge in [-0.2, -0.15) is 0 Å². The molecule has 3 aromatic rings. The third-order valence-corrected chi connectivity index (χ3v) is 4.25. The predicted octanol–water partition coefficient (Wildman–Crippen LogP) is 4.44. The topological polar surface area (TPSA) is 73.6 Å². The van der Waals surface area contributed by atoms with E-state index < -0.39 is 0 Å². The lowest BCUT2D eigenvalue weighted by atomic mass is 10.1. The zero-order valence-electron chi connectivity index (χ0n) is 15.8. The van der Waals surface area contributed by atoms with Crippen LogP contribution in [0.2, 0.25) is 0 Å². The van der Waals surface area contributed by atoms with Crippen molar-refractivity contribution in [1.82, 2.24) is 5.16 Å². The lowest BCUT2D eigenvalue weighted by Gasteiger charge is -2.10. The van der Waals surface area contributed by atoms with Crippen molar-refractivity contribution in [2.75, 3.05) is 12.4 Å². The number of amides is 1. The molecular weight excluding hydrogens is 344 g/mol. The molecule has 2 aromatic carbocycles. The lowest BCUT2D eigenvalue weighted by Crippen LogP contribution is -2.15. The predicted molar refractivity (Wildman–Crippen MR) is 102 cm³/mol. The van der Waals surface area contributed by atoms with Crippen LogP contribution in [0.1, 0.15) is 32.9 Å². The molecule has 0 atom stereocenters. The standard InChI is InChI=1S/C21H22N2O4/c1-13-5-10-19(14(2)11-13)26-12-18-15(3)27-23-20(18)21(24)22-16-6-8-17(25-4)9-7-16/h5-11H,12H2,1-4H3,(H,22,24). The number of hydrogen-bond donors (Lipinski definition) is 1. The molecule has 0 saturated heterocycles. The largest absolute Gasteiger partial charge is 0.497 e. The Hall–Kier alpha value is -3.28. The number of aromatic nitrogens is 1. The number of hydrogen-bond acceptors (Lipinski definition) is 5. The second-order valence-corrected chi connectivity index (χ2v) is 6.31. The van der Waals surface area contributed by atoms with Crippen molar-refractivity contribution < 1.29 is 18.8 Å². The SMILES string of the molecule is COc1ccc(NC(=O)c2noc(C)c2COc2ccc(C)cc2C)cc1. The second kappa shape index (κ2) is 7.95. The van der Waals surface area contributed by atoms with Crippen LogP contribution in [0.25, 0.3) is 0 Å². The number of methoxy groups -OCH3 is 1. The Labute approximate surface area is 158 Å². The summed E-state index contributed by atoms with van der Waals surface area (Å²) in [5.74, 6) is 1.69. The van der Waals surface area contributed by atoms with Crippen molar-refractivity contribution in [3.8, 4) is 11.5 Å². The van der Waals surface area contributed by atoms with E-state index in [4.69, 9.17) is 14.0 Å². The Bertz CT molecular complexity index is 945. The smallest absolute Gasteiger partial charge is 0.278 e. The summed E-state index contributed by atoms with van der Waals surface area (Å²) in [6.45, 7) is 5.98. The lowest BCUT2D eigenvalue weighted by molar-refractivity contribution is 0.101. The summed E-state index contributed by atoms with van der Waals surface area (Å²) < 4.78 is 16.2. The van der Waals surface area contributed by atoms with E-state index in [1.807, 2.05) is 32.0 Å². The average molecular weight is 366 g/mol. The van der Waals surface area contributed by atoms with Gasteiger partial charge in [-0.25, -0.2) is 0 Å². The third-order valence-electron chi connectivity index (χ3n) is 4.25. The molecule has 0 saturated carbocycles. The van der Waals surface area contributed by atoms with E-state index >= 15 is 0 Å². The number of nitrogens with one attached hydrogen (secondary N) is 1. The molecule has 1 aromatic heterocycles. The van der Waals surface area contributed by atoms with E-state index in [2.05, 4.69) is 10.5 Å². The first kappa shape index (κ1) is 18.5. The van der Waals surface area contributed by atoms with Crippen LogP contribution in [0.15, 0.2) is 47.0 Å². The molecule has 0 spiro atoms. The molecule has 0 unspecified atom stereocenters. The molecule has 6 nitrogen and oxygen atoms in total. The fourth-order valence-electron chi connectivity index (χ4n) is 2.72. The highest BCUT2D eigenvalue weighted by atomic mass is 16.5. The number of ether oxygens (including phenoxy) is 2. The summed E-state index contributed by atoms with van der Waals surface area (Å²) in [5.41, 5.74) is 3.69. The molecule has 0 fully saturated rings. The number of nitrogens with zero attached hydrogens (tertiary/aromatic N) is 1. The van der Waals surface area contributed by atoms with Crippen LogP contribution in [0.5, 0.6) is 11.5 Å². The number of carbonyl (C=O) groups excluding carboxylic acids is 1. The van der Waals surface area contributed by atoms with Gasteiger partial charge in [-0.05, 0) is 56.7 Å². The minimum atomic E-state index is -0.351. The van der Waals surface area contributed by atoms with Crippen molar-refractivity contribution in [3.63, 3.8) is 0 Å². The minimum absolute atomic E-state index is 0.199. The van der Waals surface area contributed by atoms with Gasteiger partial charge in [-0.15, -0.1) is 0 Å². The van der Waals surface area contributed by atoms with Gasteiger partial charge in [0.15, 0.2) is 5.69 Å². The zero-order valence-corrected chi connectivity index (χ0v) is 15.8. The summed E-state index contributed by atoms with van der Waals surface area (Å²) in [7, 11) is 1.59. The van der Waals surface area contributed by atoms with E-state index in [9.17, 15) is 4.79 Å². The summed E-state index contributed by atoms with van der Waals surface area (Å²) in [4.78, 5) is 12.6. The van der Waals surface area contributed by atoms with Crippen LogP contribution in [-0.2, 0) is 6.61 Å². The van der Waals surface area contributed by atoms with Crippen LogP contribution >= 0.6 is 0 Å². The first-order chi connectivity index (χ1) is 13.0. The number of rotatable bonds is 6. The maximum atomic E-state index is 12.6.